The molecule has 5 nitrogen and oxygen atoms in total. The van der Waals surface area contributed by atoms with Crippen molar-refractivity contribution in [3.8, 4) is 16.9 Å². The average Bonchev–Trinajstić information content (AvgIpc) is 2.99. The number of nitrogen functional groups attached to an aromatic ring is 1. The molecule has 2 N–H and O–H groups in total. The van der Waals surface area contributed by atoms with Crippen molar-refractivity contribution in [3.05, 3.63) is 46.4 Å². The van der Waals surface area contributed by atoms with E-state index < -0.39 is 0 Å². The summed E-state index contributed by atoms with van der Waals surface area (Å²) in [5, 5.41) is 0. The first-order valence-electron chi connectivity index (χ1n) is 7.36. The van der Waals surface area contributed by atoms with Crippen LogP contribution < -0.4 is 16.0 Å². The lowest BCUT2D eigenvalue weighted by molar-refractivity contribution is 0.142. The number of aryl methyl sites for hydroxylation is 2. The molecule has 1 aromatic heterocycles. The van der Waals surface area contributed by atoms with Crippen LogP contribution in [0.25, 0.3) is 11.1 Å². The molecule has 2 heterocycles. The van der Waals surface area contributed by atoms with Gasteiger partial charge in [-0.3, -0.25) is 4.79 Å². The largest absolute Gasteiger partial charge is 0.487 e. The van der Waals surface area contributed by atoms with Gasteiger partial charge in [0.15, 0.2) is 0 Å². The monoisotopic (exact) mass is 300 g/mol. The molecule has 1 aliphatic heterocycles. The van der Waals surface area contributed by atoms with E-state index >= 15 is 0 Å². The van der Waals surface area contributed by atoms with Gasteiger partial charge in [0, 0.05) is 42.0 Å². The van der Waals surface area contributed by atoms with Crippen molar-refractivity contribution in [1.82, 2.24) is 4.57 Å². The predicted octanol–water partition coefficient (Wildman–Crippen LogP) is 2.11. The summed E-state index contributed by atoms with van der Waals surface area (Å²) < 4.78 is 13.0. The fourth-order valence-corrected chi connectivity index (χ4v) is 2.69. The maximum absolute atomic E-state index is 11.9. The van der Waals surface area contributed by atoms with Crippen molar-refractivity contribution in [3.63, 3.8) is 0 Å². The molecular formula is C17H20N2O3. The molecule has 0 bridgehead atoms. The predicted molar refractivity (Wildman–Crippen MR) is 86.1 cm³/mol. The van der Waals surface area contributed by atoms with Crippen LogP contribution in [0.2, 0.25) is 0 Å². The molecule has 0 spiro atoms. The maximum Gasteiger partial charge on any atom is 0.253 e. The number of nitrogens with zero attached hydrogens (tertiary/aromatic N) is 1. The van der Waals surface area contributed by atoms with Gasteiger partial charge in [0.25, 0.3) is 5.56 Å². The summed E-state index contributed by atoms with van der Waals surface area (Å²) in [6.45, 7) is 3.15. The summed E-state index contributed by atoms with van der Waals surface area (Å²) in [7, 11) is 1.75. The second-order valence-electron chi connectivity index (χ2n) is 5.69. The van der Waals surface area contributed by atoms with Crippen molar-refractivity contribution >= 4 is 5.69 Å². The Balaban J connectivity index is 2.04. The van der Waals surface area contributed by atoms with E-state index in [-0.39, 0.29) is 11.7 Å². The van der Waals surface area contributed by atoms with Crippen LogP contribution in [-0.4, -0.2) is 23.9 Å². The highest BCUT2D eigenvalue weighted by molar-refractivity contribution is 5.73. The number of pyridine rings is 1. The lowest BCUT2D eigenvalue weighted by atomic mass is 10.0. The number of hydrogen-bond donors (Lipinski definition) is 1. The van der Waals surface area contributed by atoms with Crippen LogP contribution >= 0.6 is 0 Å². The molecule has 0 saturated carbocycles. The summed E-state index contributed by atoms with van der Waals surface area (Å²) in [6, 6.07) is 7.45. The lowest BCUT2D eigenvalue weighted by Crippen LogP contribution is -2.19. The Morgan fingerprint density at radius 2 is 2.18 bits per heavy atom. The van der Waals surface area contributed by atoms with E-state index in [1.54, 1.807) is 11.6 Å². The number of nitrogens with two attached hydrogens (primary N) is 1. The Hall–Kier alpha value is -2.27. The molecule has 0 amide bonds. The Bertz CT molecular complexity index is 720. The van der Waals surface area contributed by atoms with Crippen LogP contribution in [0.3, 0.4) is 0 Å². The zero-order valence-electron chi connectivity index (χ0n) is 12.8. The molecule has 1 unspecified atom stereocenters. The van der Waals surface area contributed by atoms with Gasteiger partial charge in [0.05, 0.1) is 13.2 Å². The van der Waals surface area contributed by atoms with Crippen molar-refractivity contribution in [1.29, 1.82) is 0 Å². The molecule has 1 aliphatic rings. The first-order chi connectivity index (χ1) is 10.5. The van der Waals surface area contributed by atoms with Gasteiger partial charge in [-0.15, -0.1) is 0 Å². The fourth-order valence-electron chi connectivity index (χ4n) is 2.69. The van der Waals surface area contributed by atoms with Crippen LogP contribution in [-0.2, 0) is 11.8 Å². The minimum atomic E-state index is -0.000635. The second kappa shape index (κ2) is 5.85. The number of rotatable bonds is 3. The van der Waals surface area contributed by atoms with E-state index in [9.17, 15) is 4.79 Å². The number of hydrogen-bond acceptors (Lipinski definition) is 4. The number of anilines is 1. The van der Waals surface area contributed by atoms with E-state index in [0.717, 1.165) is 29.9 Å². The van der Waals surface area contributed by atoms with Crippen LogP contribution in [0, 0.1) is 6.92 Å². The summed E-state index contributed by atoms with van der Waals surface area (Å²) >= 11 is 0. The van der Waals surface area contributed by atoms with Gasteiger partial charge in [-0.05, 0) is 31.2 Å². The molecule has 1 fully saturated rings. The van der Waals surface area contributed by atoms with E-state index in [1.165, 1.54) is 0 Å². The van der Waals surface area contributed by atoms with Gasteiger partial charge in [-0.25, -0.2) is 0 Å². The summed E-state index contributed by atoms with van der Waals surface area (Å²) in [6.07, 6.45) is 2.76. The molecule has 3 rings (SSSR count). The molecule has 1 atom stereocenters. The first kappa shape index (κ1) is 14.7. The molecule has 0 aliphatic carbocycles. The second-order valence-corrected chi connectivity index (χ2v) is 5.69. The number of benzene rings is 1. The van der Waals surface area contributed by atoms with Gasteiger partial charge in [0.2, 0.25) is 0 Å². The van der Waals surface area contributed by atoms with E-state index in [1.807, 2.05) is 37.4 Å². The van der Waals surface area contributed by atoms with Gasteiger partial charge in [-0.1, -0.05) is 0 Å². The maximum atomic E-state index is 11.9. The highest BCUT2D eigenvalue weighted by Crippen LogP contribution is 2.33. The Morgan fingerprint density at radius 3 is 2.86 bits per heavy atom. The zero-order valence-corrected chi connectivity index (χ0v) is 12.8. The highest BCUT2D eigenvalue weighted by Gasteiger charge is 2.19. The van der Waals surface area contributed by atoms with Crippen LogP contribution in [0.1, 0.15) is 12.0 Å². The van der Waals surface area contributed by atoms with Gasteiger partial charge in [-0.2, -0.15) is 0 Å². The summed E-state index contributed by atoms with van der Waals surface area (Å²) in [5.41, 5.74) is 9.10. The third-order valence-corrected chi connectivity index (χ3v) is 3.86. The average molecular weight is 300 g/mol. The molecular weight excluding hydrogens is 280 g/mol. The minimum absolute atomic E-state index is 0.000635. The van der Waals surface area contributed by atoms with Crippen molar-refractivity contribution < 1.29 is 9.47 Å². The molecule has 116 valence electrons. The van der Waals surface area contributed by atoms with Gasteiger partial charge in [0.1, 0.15) is 11.9 Å². The molecule has 1 aromatic carbocycles. The van der Waals surface area contributed by atoms with Gasteiger partial charge >= 0.3 is 0 Å². The fraction of sp³-hybridized carbons (Fsp3) is 0.353. The molecule has 0 radical (unpaired) electrons. The smallest absolute Gasteiger partial charge is 0.253 e. The van der Waals surface area contributed by atoms with E-state index in [2.05, 4.69) is 0 Å². The lowest BCUT2D eigenvalue weighted by Gasteiger charge is -2.17. The third kappa shape index (κ3) is 2.85. The molecule has 1 saturated heterocycles. The normalized spacial score (nSPS) is 17.6. The number of aromatic nitrogens is 1. The number of ether oxygens (including phenoxy) is 2. The van der Waals surface area contributed by atoms with Crippen molar-refractivity contribution in [2.75, 3.05) is 18.9 Å². The SMILES string of the molecule is Cc1cc(-c2cc(N)ccc2OC2CCOC2)cn(C)c1=O. The van der Waals surface area contributed by atoms with Crippen molar-refractivity contribution in [2.24, 2.45) is 7.05 Å². The highest BCUT2D eigenvalue weighted by atomic mass is 16.5. The zero-order chi connectivity index (χ0) is 15.7. The van der Waals surface area contributed by atoms with Crippen LogP contribution in [0.5, 0.6) is 5.75 Å². The quantitative estimate of drug-likeness (QED) is 0.882. The van der Waals surface area contributed by atoms with Gasteiger partial charge < -0.3 is 19.8 Å². The van der Waals surface area contributed by atoms with Crippen molar-refractivity contribution in [2.45, 2.75) is 19.4 Å². The minimum Gasteiger partial charge on any atom is -0.487 e. The van der Waals surface area contributed by atoms with E-state index in [4.69, 9.17) is 15.2 Å². The molecule has 2 aromatic rings. The standard InChI is InChI=1S/C17H20N2O3/c1-11-7-12(9-19(2)17(11)20)15-8-13(18)3-4-16(15)22-14-5-6-21-10-14/h3-4,7-9,14H,5-6,10,18H2,1-2H3. The molecule has 22 heavy (non-hydrogen) atoms. The Labute approximate surface area is 129 Å². The van der Waals surface area contributed by atoms with Crippen LogP contribution in [0.15, 0.2) is 35.3 Å². The van der Waals surface area contributed by atoms with E-state index in [0.29, 0.717) is 17.9 Å². The third-order valence-electron chi connectivity index (χ3n) is 3.86. The first-order valence-corrected chi connectivity index (χ1v) is 7.36. The molecule has 5 heteroatoms. The van der Waals surface area contributed by atoms with Crippen LogP contribution in [0.4, 0.5) is 5.69 Å². The summed E-state index contributed by atoms with van der Waals surface area (Å²) in [4.78, 5) is 11.9. The summed E-state index contributed by atoms with van der Waals surface area (Å²) in [5.74, 6) is 0.766. The topological polar surface area (TPSA) is 66.5 Å². The Kier molecular flexibility index (Phi) is 3.90. The Morgan fingerprint density at radius 1 is 1.36 bits per heavy atom.